The Morgan fingerprint density at radius 3 is 2.35 bits per heavy atom. The minimum absolute atomic E-state index is 0.0749. The van der Waals surface area contributed by atoms with E-state index in [9.17, 15) is 18.0 Å². The van der Waals surface area contributed by atoms with Gasteiger partial charge in [-0.15, -0.1) is 0 Å². The monoisotopic (exact) mass is 443 g/mol. The van der Waals surface area contributed by atoms with Gasteiger partial charge in [0.2, 0.25) is 10.0 Å². The number of aromatic nitrogens is 1. The van der Waals surface area contributed by atoms with Crippen molar-refractivity contribution in [1.29, 1.82) is 0 Å². The molecule has 8 nitrogen and oxygen atoms in total. The molecule has 0 saturated carbocycles. The van der Waals surface area contributed by atoms with Gasteiger partial charge in [-0.3, -0.25) is 9.36 Å². The molecule has 0 N–H and O–H groups in total. The fraction of sp³-hybridized carbons (Fsp3) is 0.364. The number of sulfonamides is 1. The van der Waals surface area contributed by atoms with Crippen LogP contribution in [-0.2, 0) is 16.6 Å². The first-order chi connectivity index (χ1) is 14.7. The smallest absolute Gasteiger partial charge is 0.408 e. The number of piperazine rings is 1. The summed E-state index contributed by atoms with van der Waals surface area (Å²) in [7, 11) is -3.77. The third-order valence-electron chi connectivity index (χ3n) is 5.87. The van der Waals surface area contributed by atoms with Crippen molar-refractivity contribution in [3.63, 3.8) is 0 Å². The Morgan fingerprint density at radius 1 is 1.00 bits per heavy atom. The Kier molecular flexibility index (Phi) is 5.49. The molecule has 3 aromatic rings. The van der Waals surface area contributed by atoms with Crippen LogP contribution < -0.4 is 5.76 Å². The number of aryl methyl sites for hydroxylation is 3. The number of hydrogen-bond acceptors (Lipinski definition) is 5. The number of amides is 1. The van der Waals surface area contributed by atoms with Crippen LogP contribution in [0.25, 0.3) is 11.1 Å². The van der Waals surface area contributed by atoms with Gasteiger partial charge >= 0.3 is 5.76 Å². The third-order valence-corrected chi connectivity index (χ3v) is 7.77. The van der Waals surface area contributed by atoms with Gasteiger partial charge in [0, 0.05) is 44.4 Å². The maximum atomic E-state index is 13.1. The fourth-order valence-corrected chi connectivity index (χ4v) is 5.28. The number of carbonyl (C=O) groups is 1. The molecule has 1 aliphatic rings. The lowest BCUT2D eigenvalue weighted by molar-refractivity contribution is 0.0698. The largest absolute Gasteiger partial charge is 0.419 e. The van der Waals surface area contributed by atoms with Gasteiger partial charge in [0.1, 0.15) is 0 Å². The van der Waals surface area contributed by atoms with Gasteiger partial charge < -0.3 is 9.32 Å². The van der Waals surface area contributed by atoms with Gasteiger partial charge in [0.05, 0.1) is 10.4 Å². The van der Waals surface area contributed by atoms with Crippen molar-refractivity contribution in [3.8, 4) is 0 Å². The first-order valence-electron chi connectivity index (χ1n) is 10.2. The average Bonchev–Trinajstić information content (AvgIpc) is 3.09. The van der Waals surface area contributed by atoms with Crippen LogP contribution in [-0.4, -0.2) is 54.3 Å². The summed E-state index contributed by atoms with van der Waals surface area (Å²) >= 11 is 0. The van der Waals surface area contributed by atoms with Gasteiger partial charge in [-0.2, -0.15) is 4.31 Å². The molecule has 2 aromatic carbocycles. The molecular formula is C22H25N3O5S. The molecule has 1 saturated heterocycles. The van der Waals surface area contributed by atoms with Crippen LogP contribution in [0, 0.1) is 13.8 Å². The molecular weight excluding hydrogens is 418 g/mol. The Balaban J connectivity index is 1.51. The molecule has 0 aliphatic carbocycles. The van der Waals surface area contributed by atoms with Gasteiger partial charge in [0.25, 0.3) is 5.91 Å². The molecule has 9 heteroatoms. The minimum Gasteiger partial charge on any atom is -0.408 e. The van der Waals surface area contributed by atoms with E-state index in [1.807, 2.05) is 32.9 Å². The highest BCUT2D eigenvalue weighted by molar-refractivity contribution is 7.89. The van der Waals surface area contributed by atoms with Crippen molar-refractivity contribution in [2.45, 2.75) is 32.2 Å². The van der Waals surface area contributed by atoms with Crippen LogP contribution in [0.4, 0.5) is 0 Å². The molecule has 0 bridgehead atoms. The van der Waals surface area contributed by atoms with E-state index in [2.05, 4.69) is 0 Å². The molecule has 0 radical (unpaired) electrons. The zero-order valence-electron chi connectivity index (χ0n) is 17.8. The Labute approximate surface area is 180 Å². The molecule has 0 atom stereocenters. The second kappa shape index (κ2) is 7.97. The highest BCUT2D eigenvalue weighted by Crippen LogP contribution is 2.23. The molecule has 0 unspecified atom stereocenters. The quantitative estimate of drug-likeness (QED) is 0.617. The van der Waals surface area contributed by atoms with Gasteiger partial charge in [-0.1, -0.05) is 6.07 Å². The maximum absolute atomic E-state index is 13.1. The highest BCUT2D eigenvalue weighted by Gasteiger charge is 2.31. The maximum Gasteiger partial charge on any atom is 0.419 e. The van der Waals surface area contributed by atoms with Crippen LogP contribution in [0.2, 0.25) is 0 Å². The molecule has 1 fully saturated rings. The van der Waals surface area contributed by atoms with Gasteiger partial charge in [-0.05, 0) is 56.2 Å². The van der Waals surface area contributed by atoms with E-state index in [1.165, 1.54) is 21.0 Å². The molecule has 31 heavy (non-hydrogen) atoms. The summed E-state index contributed by atoms with van der Waals surface area (Å²) in [5.74, 6) is -0.602. The first kappa shape index (κ1) is 21.3. The highest BCUT2D eigenvalue weighted by atomic mass is 32.2. The van der Waals surface area contributed by atoms with Crippen molar-refractivity contribution in [2.24, 2.45) is 0 Å². The second-order valence-electron chi connectivity index (χ2n) is 7.74. The molecule has 2 heterocycles. The van der Waals surface area contributed by atoms with E-state index in [0.29, 0.717) is 30.7 Å². The summed E-state index contributed by atoms with van der Waals surface area (Å²) in [6.45, 7) is 7.25. The summed E-state index contributed by atoms with van der Waals surface area (Å²) in [6, 6.07) is 10.1. The van der Waals surface area contributed by atoms with Crippen molar-refractivity contribution in [2.75, 3.05) is 26.2 Å². The van der Waals surface area contributed by atoms with Crippen molar-refractivity contribution in [1.82, 2.24) is 13.8 Å². The van der Waals surface area contributed by atoms with Gasteiger partial charge in [-0.25, -0.2) is 13.2 Å². The second-order valence-corrected chi connectivity index (χ2v) is 9.68. The number of benzene rings is 2. The van der Waals surface area contributed by atoms with Crippen molar-refractivity contribution in [3.05, 3.63) is 63.6 Å². The molecule has 164 valence electrons. The van der Waals surface area contributed by atoms with Crippen LogP contribution in [0.15, 0.2) is 50.5 Å². The average molecular weight is 444 g/mol. The number of hydrogen-bond donors (Lipinski definition) is 0. The number of rotatable bonds is 4. The first-order valence-corrected chi connectivity index (χ1v) is 11.7. The fourth-order valence-electron chi connectivity index (χ4n) is 3.84. The zero-order valence-corrected chi connectivity index (χ0v) is 18.6. The molecule has 1 amide bonds. The topological polar surface area (TPSA) is 92.8 Å². The number of nitrogens with zero attached hydrogens (tertiary/aromatic N) is 3. The predicted octanol–water partition coefficient (Wildman–Crippen LogP) is 2.38. The number of oxazole rings is 1. The van der Waals surface area contributed by atoms with Crippen LogP contribution in [0.3, 0.4) is 0 Å². The summed E-state index contributed by atoms with van der Waals surface area (Å²) < 4.78 is 34.2. The number of fused-ring (bicyclic) bond motifs is 1. The van der Waals surface area contributed by atoms with Crippen LogP contribution >= 0.6 is 0 Å². The molecule has 4 rings (SSSR count). The Morgan fingerprint density at radius 2 is 1.71 bits per heavy atom. The molecule has 1 aliphatic heterocycles. The standard InChI is InChI=1S/C22H25N3O5S/c1-4-25-19-8-7-18(14-20(19)30-22(25)27)31(28,29)24-11-9-23(10-12-24)21(26)17-6-5-15(2)16(3)13-17/h5-8,13-14H,4,9-12H2,1-3H3. The lowest BCUT2D eigenvalue weighted by Gasteiger charge is -2.34. The Hall–Kier alpha value is -2.91. The van der Waals surface area contributed by atoms with E-state index in [1.54, 1.807) is 17.0 Å². The lowest BCUT2D eigenvalue weighted by Crippen LogP contribution is -2.50. The third kappa shape index (κ3) is 3.79. The Bertz CT molecular complexity index is 1310. The van der Waals surface area contributed by atoms with E-state index < -0.39 is 15.8 Å². The predicted molar refractivity (Wildman–Crippen MR) is 117 cm³/mol. The molecule has 1 aromatic heterocycles. The van der Waals surface area contributed by atoms with Crippen LogP contribution in [0.5, 0.6) is 0 Å². The van der Waals surface area contributed by atoms with E-state index >= 15 is 0 Å². The summed E-state index contributed by atoms with van der Waals surface area (Å²) in [5.41, 5.74) is 3.59. The van der Waals surface area contributed by atoms with Crippen LogP contribution in [0.1, 0.15) is 28.4 Å². The van der Waals surface area contributed by atoms with Gasteiger partial charge in [0.15, 0.2) is 5.58 Å². The lowest BCUT2D eigenvalue weighted by atomic mass is 10.1. The minimum atomic E-state index is -3.77. The van der Waals surface area contributed by atoms with Crippen molar-refractivity contribution < 1.29 is 17.6 Å². The summed E-state index contributed by atoms with van der Waals surface area (Å²) in [6.07, 6.45) is 0. The normalized spacial score (nSPS) is 15.5. The number of carbonyl (C=O) groups excluding carboxylic acids is 1. The van der Waals surface area contributed by atoms with E-state index in [-0.39, 0.29) is 29.5 Å². The summed E-state index contributed by atoms with van der Waals surface area (Å²) in [4.78, 5) is 26.5. The van der Waals surface area contributed by atoms with E-state index in [4.69, 9.17) is 4.42 Å². The zero-order chi connectivity index (χ0) is 22.3. The van der Waals surface area contributed by atoms with E-state index in [0.717, 1.165) is 11.1 Å². The molecule has 0 spiro atoms. The van der Waals surface area contributed by atoms with Crippen molar-refractivity contribution >= 4 is 27.0 Å². The summed E-state index contributed by atoms with van der Waals surface area (Å²) in [5, 5.41) is 0. The SMILES string of the molecule is CCn1c(=O)oc2cc(S(=O)(=O)N3CCN(C(=O)c4ccc(C)c(C)c4)CC3)ccc21.